The zero-order valence-corrected chi connectivity index (χ0v) is 11.3. The maximum absolute atomic E-state index is 3.62. The van der Waals surface area contributed by atoms with Gasteiger partial charge in [0.25, 0.3) is 0 Å². The standard InChI is InChI=1S/C12H26N2S/c1-4-11(5-2)13-7-8-14(3)12-6-9-15-10-12/h11-13H,4-10H2,1-3H3. The number of nitrogens with zero attached hydrogens (tertiary/aromatic N) is 1. The molecule has 1 fully saturated rings. The van der Waals surface area contributed by atoms with Crippen LogP contribution in [0.2, 0.25) is 0 Å². The normalized spacial score (nSPS) is 21.8. The Labute approximate surface area is 99.2 Å². The molecule has 3 heteroatoms. The maximum atomic E-state index is 3.62. The maximum Gasteiger partial charge on any atom is 0.0191 e. The number of nitrogens with one attached hydrogen (secondary N) is 1. The van der Waals surface area contributed by atoms with Crippen LogP contribution in [0.5, 0.6) is 0 Å². The molecule has 0 radical (unpaired) electrons. The van der Waals surface area contributed by atoms with Crippen LogP contribution in [-0.4, -0.2) is 48.6 Å². The van der Waals surface area contributed by atoms with E-state index in [9.17, 15) is 0 Å². The molecule has 15 heavy (non-hydrogen) atoms. The van der Waals surface area contributed by atoms with E-state index in [1.54, 1.807) is 0 Å². The van der Waals surface area contributed by atoms with Gasteiger partial charge >= 0.3 is 0 Å². The van der Waals surface area contributed by atoms with Gasteiger partial charge in [0.2, 0.25) is 0 Å². The summed E-state index contributed by atoms with van der Waals surface area (Å²) in [5.74, 6) is 2.69. The van der Waals surface area contributed by atoms with Crippen LogP contribution >= 0.6 is 11.8 Å². The van der Waals surface area contributed by atoms with Crippen molar-refractivity contribution >= 4 is 11.8 Å². The average Bonchev–Trinajstić information content (AvgIpc) is 2.77. The molecule has 0 aliphatic carbocycles. The van der Waals surface area contributed by atoms with E-state index in [0.717, 1.165) is 18.6 Å². The summed E-state index contributed by atoms with van der Waals surface area (Å²) >= 11 is 2.10. The van der Waals surface area contributed by atoms with Gasteiger partial charge in [0.05, 0.1) is 0 Å². The minimum Gasteiger partial charge on any atom is -0.313 e. The van der Waals surface area contributed by atoms with E-state index in [2.05, 4.69) is 42.9 Å². The Hall–Kier alpha value is 0.270. The highest BCUT2D eigenvalue weighted by Gasteiger charge is 2.19. The van der Waals surface area contributed by atoms with Crippen molar-refractivity contribution in [3.05, 3.63) is 0 Å². The Morgan fingerprint density at radius 3 is 2.67 bits per heavy atom. The third kappa shape index (κ3) is 4.75. The lowest BCUT2D eigenvalue weighted by Crippen LogP contribution is -2.39. The van der Waals surface area contributed by atoms with Crippen molar-refractivity contribution in [2.45, 2.75) is 45.2 Å². The summed E-state index contributed by atoms with van der Waals surface area (Å²) in [5, 5.41) is 3.62. The molecular formula is C12H26N2S. The van der Waals surface area contributed by atoms with Gasteiger partial charge in [0.15, 0.2) is 0 Å². The highest BCUT2D eigenvalue weighted by Crippen LogP contribution is 2.20. The van der Waals surface area contributed by atoms with Crippen LogP contribution in [0.4, 0.5) is 0 Å². The molecule has 1 aliphatic heterocycles. The molecule has 1 rings (SSSR count). The van der Waals surface area contributed by atoms with Crippen LogP contribution in [-0.2, 0) is 0 Å². The molecule has 1 aliphatic rings. The molecule has 1 N–H and O–H groups in total. The molecule has 0 aromatic carbocycles. The fourth-order valence-electron chi connectivity index (χ4n) is 2.07. The average molecular weight is 230 g/mol. The van der Waals surface area contributed by atoms with Crippen molar-refractivity contribution in [2.75, 3.05) is 31.6 Å². The molecule has 1 saturated heterocycles. The van der Waals surface area contributed by atoms with E-state index in [-0.39, 0.29) is 0 Å². The Morgan fingerprint density at radius 2 is 2.13 bits per heavy atom. The summed E-state index contributed by atoms with van der Waals surface area (Å²) in [6.45, 7) is 6.86. The van der Waals surface area contributed by atoms with Crippen LogP contribution < -0.4 is 5.32 Å². The zero-order chi connectivity index (χ0) is 11.1. The molecular weight excluding hydrogens is 204 g/mol. The third-order valence-corrected chi connectivity index (χ3v) is 4.56. The second kappa shape index (κ2) is 7.53. The molecule has 1 heterocycles. The van der Waals surface area contributed by atoms with Crippen LogP contribution in [0.15, 0.2) is 0 Å². The van der Waals surface area contributed by atoms with Crippen molar-refractivity contribution in [2.24, 2.45) is 0 Å². The summed E-state index contributed by atoms with van der Waals surface area (Å²) in [5.41, 5.74) is 0. The van der Waals surface area contributed by atoms with Crippen molar-refractivity contribution in [3.8, 4) is 0 Å². The Kier molecular flexibility index (Phi) is 6.69. The van der Waals surface area contributed by atoms with E-state index in [0.29, 0.717) is 0 Å². The van der Waals surface area contributed by atoms with Gasteiger partial charge in [-0.3, -0.25) is 0 Å². The van der Waals surface area contributed by atoms with Gasteiger partial charge in [-0.25, -0.2) is 0 Å². The number of thioether (sulfide) groups is 1. The molecule has 0 saturated carbocycles. The lowest BCUT2D eigenvalue weighted by atomic mass is 10.2. The highest BCUT2D eigenvalue weighted by molar-refractivity contribution is 7.99. The van der Waals surface area contributed by atoms with Gasteiger partial charge < -0.3 is 10.2 Å². The monoisotopic (exact) mass is 230 g/mol. The summed E-state index contributed by atoms with van der Waals surface area (Å²) < 4.78 is 0. The summed E-state index contributed by atoms with van der Waals surface area (Å²) in [7, 11) is 2.27. The fraction of sp³-hybridized carbons (Fsp3) is 1.00. The minimum atomic E-state index is 0.719. The first-order chi connectivity index (χ1) is 7.27. The zero-order valence-electron chi connectivity index (χ0n) is 10.5. The van der Waals surface area contributed by atoms with Crippen LogP contribution in [0, 0.1) is 0 Å². The van der Waals surface area contributed by atoms with Crippen LogP contribution in [0.3, 0.4) is 0 Å². The van der Waals surface area contributed by atoms with Crippen molar-refractivity contribution < 1.29 is 0 Å². The Bertz CT molecular complexity index is 154. The number of hydrogen-bond donors (Lipinski definition) is 1. The lowest BCUT2D eigenvalue weighted by molar-refractivity contribution is 0.257. The van der Waals surface area contributed by atoms with Crippen molar-refractivity contribution in [1.82, 2.24) is 10.2 Å². The quantitative estimate of drug-likeness (QED) is 0.722. The van der Waals surface area contributed by atoms with E-state index < -0.39 is 0 Å². The molecule has 1 unspecified atom stereocenters. The SMILES string of the molecule is CCC(CC)NCCN(C)C1CCSC1. The first kappa shape index (κ1) is 13.3. The highest BCUT2D eigenvalue weighted by atomic mass is 32.2. The predicted octanol–water partition coefficient (Wildman–Crippen LogP) is 2.20. The van der Waals surface area contributed by atoms with E-state index in [1.165, 1.54) is 37.3 Å². The van der Waals surface area contributed by atoms with Gasteiger partial charge in [-0.05, 0) is 32.1 Å². The lowest BCUT2D eigenvalue weighted by Gasteiger charge is -2.24. The topological polar surface area (TPSA) is 15.3 Å². The Balaban J connectivity index is 2.07. The molecule has 0 amide bonds. The van der Waals surface area contributed by atoms with E-state index >= 15 is 0 Å². The molecule has 90 valence electrons. The largest absolute Gasteiger partial charge is 0.313 e. The summed E-state index contributed by atoms with van der Waals surface area (Å²) in [6, 6.07) is 1.55. The molecule has 0 bridgehead atoms. The number of rotatable bonds is 7. The summed E-state index contributed by atoms with van der Waals surface area (Å²) in [6.07, 6.45) is 3.88. The first-order valence-electron chi connectivity index (χ1n) is 6.29. The Morgan fingerprint density at radius 1 is 1.40 bits per heavy atom. The van der Waals surface area contributed by atoms with Gasteiger partial charge in [0.1, 0.15) is 0 Å². The molecule has 0 aromatic rings. The van der Waals surface area contributed by atoms with Gasteiger partial charge in [0, 0.05) is 30.9 Å². The fourth-order valence-corrected chi connectivity index (χ4v) is 3.37. The third-order valence-electron chi connectivity index (χ3n) is 3.41. The molecule has 2 nitrogen and oxygen atoms in total. The van der Waals surface area contributed by atoms with Gasteiger partial charge in [-0.15, -0.1) is 0 Å². The smallest absolute Gasteiger partial charge is 0.0191 e. The summed E-state index contributed by atoms with van der Waals surface area (Å²) in [4.78, 5) is 2.52. The number of likely N-dealkylation sites (N-methyl/N-ethyl adjacent to an activating group) is 1. The van der Waals surface area contributed by atoms with Crippen molar-refractivity contribution in [1.29, 1.82) is 0 Å². The van der Waals surface area contributed by atoms with Crippen molar-refractivity contribution in [3.63, 3.8) is 0 Å². The second-order valence-corrected chi connectivity index (χ2v) is 5.62. The van der Waals surface area contributed by atoms with Crippen LogP contribution in [0.25, 0.3) is 0 Å². The van der Waals surface area contributed by atoms with Crippen LogP contribution in [0.1, 0.15) is 33.1 Å². The van der Waals surface area contributed by atoms with Gasteiger partial charge in [-0.2, -0.15) is 11.8 Å². The van der Waals surface area contributed by atoms with E-state index in [4.69, 9.17) is 0 Å². The molecule has 0 spiro atoms. The predicted molar refractivity (Wildman–Crippen MR) is 70.7 cm³/mol. The number of hydrogen-bond acceptors (Lipinski definition) is 3. The minimum absolute atomic E-state index is 0.719. The van der Waals surface area contributed by atoms with Gasteiger partial charge in [-0.1, -0.05) is 13.8 Å². The molecule has 1 atom stereocenters. The van der Waals surface area contributed by atoms with E-state index in [1.807, 2.05) is 0 Å². The first-order valence-corrected chi connectivity index (χ1v) is 7.44. The molecule has 0 aromatic heterocycles. The second-order valence-electron chi connectivity index (χ2n) is 4.47.